The first-order valence-corrected chi connectivity index (χ1v) is 8.79. The van der Waals surface area contributed by atoms with Crippen molar-refractivity contribution in [2.45, 2.75) is 52.5 Å². The van der Waals surface area contributed by atoms with E-state index in [-0.39, 0.29) is 11.8 Å². The Bertz CT molecular complexity index is 485. The van der Waals surface area contributed by atoms with Crippen LogP contribution in [0.4, 0.5) is 0 Å². The molecule has 0 aromatic heterocycles. The zero-order valence-corrected chi connectivity index (χ0v) is 16.0. The van der Waals surface area contributed by atoms with Gasteiger partial charge in [0.1, 0.15) is 0 Å². The van der Waals surface area contributed by atoms with E-state index in [1.165, 1.54) is 5.56 Å². The molecule has 23 heavy (non-hydrogen) atoms. The topological polar surface area (TPSA) is 29.1 Å². The highest BCUT2D eigenvalue weighted by molar-refractivity contribution is 5.83. The van der Waals surface area contributed by atoms with E-state index in [2.05, 4.69) is 71.5 Å². The first kappa shape index (κ1) is 19.7. The van der Waals surface area contributed by atoms with E-state index >= 15 is 0 Å². The molecule has 1 rings (SSSR count). The quantitative estimate of drug-likeness (QED) is 0.729. The van der Waals surface area contributed by atoms with E-state index in [0.29, 0.717) is 12.0 Å². The molecule has 130 valence electrons. The fourth-order valence-electron chi connectivity index (χ4n) is 2.51. The number of hydrogen-bond donors (Lipinski definition) is 1. The van der Waals surface area contributed by atoms with Crippen LogP contribution in [0.25, 0.3) is 0 Å². The molecule has 0 saturated carbocycles. The van der Waals surface area contributed by atoms with Gasteiger partial charge in [0.25, 0.3) is 0 Å². The summed E-state index contributed by atoms with van der Waals surface area (Å²) in [5.41, 5.74) is 2.43. The Hall–Kier alpha value is -1.35. The molecule has 0 aliphatic carbocycles. The molecule has 1 aromatic rings. The van der Waals surface area contributed by atoms with Crippen molar-refractivity contribution in [3.8, 4) is 0 Å². The Morgan fingerprint density at radius 2 is 1.61 bits per heavy atom. The normalized spacial score (nSPS) is 14.6. The molecule has 0 saturated heterocycles. The van der Waals surface area contributed by atoms with Crippen molar-refractivity contribution in [2.75, 3.05) is 27.7 Å². The van der Waals surface area contributed by atoms with Gasteiger partial charge in [-0.3, -0.25) is 4.79 Å². The van der Waals surface area contributed by atoms with Gasteiger partial charge in [0.2, 0.25) is 5.91 Å². The molecule has 1 aromatic carbocycles. The Morgan fingerprint density at radius 3 is 2.09 bits per heavy atom. The summed E-state index contributed by atoms with van der Waals surface area (Å²) in [6, 6.07) is 9.02. The van der Waals surface area contributed by atoms with Crippen LogP contribution in [0.15, 0.2) is 24.3 Å². The summed E-state index contributed by atoms with van der Waals surface area (Å²) in [5, 5.41) is 3.08. The summed E-state index contributed by atoms with van der Waals surface area (Å²) in [4.78, 5) is 12.3. The first-order chi connectivity index (χ1) is 10.6. The number of benzene rings is 1. The third-order valence-electron chi connectivity index (χ3n) is 4.70. The number of carbonyl (C=O) groups is 1. The molecule has 1 N–H and O–H groups in total. The summed E-state index contributed by atoms with van der Waals surface area (Å²) in [6.07, 6.45) is 2.08. The molecule has 0 fully saturated rings. The van der Waals surface area contributed by atoms with Gasteiger partial charge in [-0.15, -0.1) is 0 Å². The van der Waals surface area contributed by atoms with Gasteiger partial charge < -0.3 is 9.80 Å². The molecule has 0 bridgehead atoms. The van der Waals surface area contributed by atoms with Gasteiger partial charge in [-0.05, 0) is 37.3 Å². The number of quaternary nitrogens is 1. The zero-order chi connectivity index (χ0) is 17.6. The van der Waals surface area contributed by atoms with Crippen LogP contribution in [0.5, 0.6) is 0 Å². The van der Waals surface area contributed by atoms with Gasteiger partial charge in [-0.1, -0.05) is 38.1 Å². The van der Waals surface area contributed by atoms with Crippen LogP contribution >= 0.6 is 0 Å². The summed E-state index contributed by atoms with van der Waals surface area (Å²) in [5.74, 6) is 0.683. The molecule has 0 spiro atoms. The standard InChI is InChI=1S/C20H34N2O/c1-15(2)14-18-8-10-19(11-9-18)17(4)20(23)21-13-12-16(3)22(5,6)7/h8-11,15-17H,12-14H2,1-7H3/p+1/t16?,17-/m1/s1. The average Bonchev–Trinajstić information content (AvgIpc) is 2.45. The number of nitrogens with zero attached hydrogens (tertiary/aromatic N) is 1. The number of carbonyl (C=O) groups excluding carboxylic acids is 1. The van der Waals surface area contributed by atoms with Gasteiger partial charge in [-0.2, -0.15) is 0 Å². The number of rotatable bonds is 8. The van der Waals surface area contributed by atoms with Crippen molar-refractivity contribution in [1.82, 2.24) is 5.32 Å². The molecular formula is C20H35N2O+. The van der Waals surface area contributed by atoms with Crippen molar-refractivity contribution in [3.63, 3.8) is 0 Å². The monoisotopic (exact) mass is 319 g/mol. The summed E-state index contributed by atoms with van der Waals surface area (Å²) in [6.45, 7) is 9.40. The van der Waals surface area contributed by atoms with Gasteiger partial charge in [0.15, 0.2) is 0 Å². The molecule has 0 aliphatic heterocycles. The Morgan fingerprint density at radius 1 is 1.04 bits per heavy atom. The molecule has 3 nitrogen and oxygen atoms in total. The fourth-order valence-corrected chi connectivity index (χ4v) is 2.51. The van der Waals surface area contributed by atoms with Crippen molar-refractivity contribution >= 4 is 5.91 Å². The van der Waals surface area contributed by atoms with Crippen LogP contribution in [-0.4, -0.2) is 44.1 Å². The Balaban J connectivity index is 2.50. The zero-order valence-electron chi connectivity index (χ0n) is 16.0. The van der Waals surface area contributed by atoms with Gasteiger partial charge >= 0.3 is 0 Å². The number of hydrogen-bond acceptors (Lipinski definition) is 1. The van der Waals surface area contributed by atoms with E-state index in [9.17, 15) is 4.79 Å². The lowest BCUT2D eigenvalue weighted by Crippen LogP contribution is -2.45. The lowest BCUT2D eigenvalue weighted by Gasteiger charge is -2.31. The summed E-state index contributed by atoms with van der Waals surface area (Å²) >= 11 is 0. The highest BCUT2D eigenvalue weighted by atomic mass is 16.1. The third-order valence-corrected chi connectivity index (χ3v) is 4.70. The van der Waals surface area contributed by atoms with E-state index in [1.807, 2.05) is 6.92 Å². The van der Waals surface area contributed by atoms with Crippen LogP contribution in [-0.2, 0) is 11.2 Å². The second-order valence-corrected chi connectivity index (χ2v) is 8.11. The van der Waals surface area contributed by atoms with Crippen LogP contribution in [0, 0.1) is 5.92 Å². The maximum absolute atomic E-state index is 12.3. The lowest BCUT2D eigenvalue weighted by atomic mass is 9.96. The van der Waals surface area contributed by atoms with Gasteiger partial charge in [0.05, 0.1) is 33.1 Å². The van der Waals surface area contributed by atoms with E-state index in [1.54, 1.807) is 0 Å². The highest BCUT2D eigenvalue weighted by Gasteiger charge is 2.19. The largest absolute Gasteiger partial charge is 0.355 e. The minimum atomic E-state index is -0.0949. The minimum absolute atomic E-state index is 0.0949. The summed E-state index contributed by atoms with van der Waals surface area (Å²) in [7, 11) is 6.56. The van der Waals surface area contributed by atoms with Crippen LogP contribution in [0.3, 0.4) is 0 Å². The maximum atomic E-state index is 12.3. The second kappa shape index (κ2) is 8.49. The molecule has 0 aliphatic rings. The van der Waals surface area contributed by atoms with Crippen molar-refractivity contribution in [3.05, 3.63) is 35.4 Å². The smallest absolute Gasteiger partial charge is 0.227 e. The third kappa shape index (κ3) is 6.74. The number of nitrogens with one attached hydrogen (secondary N) is 1. The predicted octanol–water partition coefficient (Wildman–Crippen LogP) is 3.59. The molecule has 0 radical (unpaired) electrons. The van der Waals surface area contributed by atoms with E-state index in [0.717, 1.165) is 29.4 Å². The van der Waals surface area contributed by atoms with Crippen molar-refractivity contribution in [2.24, 2.45) is 5.92 Å². The van der Waals surface area contributed by atoms with Crippen LogP contribution < -0.4 is 5.32 Å². The van der Waals surface area contributed by atoms with Gasteiger partial charge in [0, 0.05) is 13.0 Å². The molecule has 1 amide bonds. The Labute approximate surface area is 142 Å². The predicted molar refractivity (Wildman–Crippen MR) is 98.5 cm³/mol. The SMILES string of the molecule is CC(C)Cc1ccc([C@@H](C)C(=O)NCCC(C)[N+](C)(C)C)cc1. The summed E-state index contributed by atoms with van der Waals surface area (Å²) < 4.78 is 0.919. The lowest BCUT2D eigenvalue weighted by molar-refractivity contribution is -0.894. The van der Waals surface area contributed by atoms with Crippen molar-refractivity contribution in [1.29, 1.82) is 0 Å². The molecule has 3 heteroatoms. The molecular weight excluding hydrogens is 284 g/mol. The number of amides is 1. The second-order valence-electron chi connectivity index (χ2n) is 8.11. The van der Waals surface area contributed by atoms with E-state index < -0.39 is 0 Å². The maximum Gasteiger partial charge on any atom is 0.227 e. The van der Waals surface area contributed by atoms with Crippen LogP contribution in [0.1, 0.15) is 51.2 Å². The van der Waals surface area contributed by atoms with Crippen molar-refractivity contribution < 1.29 is 9.28 Å². The fraction of sp³-hybridized carbons (Fsp3) is 0.650. The minimum Gasteiger partial charge on any atom is -0.355 e. The average molecular weight is 320 g/mol. The van der Waals surface area contributed by atoms with Crippen LogP contribution in [0.2, 0.25) is 0 Å². The molecule has 2 atom stereocenters. The highest BCUT2D eigenvalue weighted by Crippen LogP contribution is 2.18. The molecule has 1 unspecified atom stereocenters. The Kier molecular flexibility index (Phi) is 7.27. The van der Waals surface area contributed by atoms with Gasteiger partial charge in [-0.25, -0.2) is 0 Å². The van der Waals surface area contributed by atoms with E-state index in [4.69, 9.17) is 0 Å². The first-order valence-electron chi connectivity index (χ1n) is 8.79. The molecule has 0 heterocycles.